The van der Waals surface area contributed by atoms with Crippen molar-refractivity contribution < 1.29 is 4.79 Å². The molecule has 2 aliphatic heterocycles. The van der Waals surface area contributed by atoms with E-state index in [1.165, 1.54) is 16.6 Å². The fraction of sp³-hybridized carbons (Fsp3) is 0.211. The van der Waals surface area contributed by atoms with Gasteiger partial charge in [-0.1, -0.05) is 36.4 Å². The number of amides is 1. The first-order chi connectivity index (χ1) is 10.7. The second-order valence-corrected chi connectivity index (χ2v) is 6.44. The van der Waals surface area contributed by atoms with Gasteiger partial charge in [-0.25, -0.2) is 0 Å². The number of nitrogens with zero attached hydrogens (tertiary/aromatic N) is 1. The number of nitrogens with one attached hydrogen (secondary N) is 1. The Hall–Kier alpha value is -2.55. The van der Waals surface area contributed by atoms with E-state index >= 15 is 0 Å². The van der Waals surface area contributed by atoms with Crippen molar-refractivity contribution in [3.63, 3.8) is 0 Å². The van der Waals surface area contributed by atoms with Crippen LogP contribution in [-0.4, -0.2) is 10.9 Å². The van der Waals surface area contributed by atoms with Gasteiger partial charge < -0.3 is 9.88 Å². The number of para-hydroxylation sites is 2. The summed E-state index contributed by atoms with van der Waals surface area (Å²) in [7, 11) is 0. The molecule has 1 N–H and O–H groups in total. The molecule has 1 fully saturated rings. The third kappa shape index (κ3) is 1.25. The van der Waals surface area contributed by atoms with Gasteiger partial charge >= 0.3 is 0 Å². The van der Waals surface area contributed by atoms with Crippen molar-refractivity contribution in [2.24, 2.45) is 0 Å². The number of aromatic nitrogens is 1. The number of aromatic amines is 1. The van der Waals surface area contributed by atoms with E-state index in [-0.39, 0.29) is 11.4 Å². The van der Waals surface area contributed by atoms with E-state index in [1.54, 1.807) is 0 Å². The van der Waals surface area contributed by atoms with E-state index in [0.717, 1.165) is 23.2 Å². The predicted molar refractivity (Wildman–Crippen MR) is 87.8 cm³/mol. The highest BCUT2D eigenvalue weighted by atomic mass is 16.2. The van der Waals surface area contributed by atoms with Crippen molar-refractivity contribution in [2.45, 2.75) is 25.3 Å². The van der Waals surface area contributed by atoms with Gasteiger partial charge in [0.15, 0.2) is 0 Å². The number of anilines is 1. The number of rotatable bonds is 0. The number of hydrogen-bond donors (Lipinski definition) is 1. The molecular formula is C19H16N2O. The van der Waals surface area contributed by atoms with Crippen LogP contribution in [0.4, 0.5) is 5.69 Å². The maximum atomic E-state index is 12.6. The van der Waals surface area contributed by atoms with E-state index in [1.807, 2.05) is 17.0 Å². The van der Waals surface area contributed by atoms with Gasteiger partial charge in [0.05, 0.1) is 16.9 Å². The molecule has 2 aromatic carbocycles. The molecule has 3 heteroatoms. The third-order valence-corrected chi connectivity index (χ3v) is 5.23. The Morgan fingerprint density at radius 3 is 2.77 bits per heavy atom. The summed E-state index contributed by atoms with van der Waals surface area (Å²) in [4.78, 5) is 18.2. The van der Waals surface area contributed by atoms with Crippen LogP contribution >= 0.6 is 0 Å². The Bertz CT molecular complexity index is 940. The highest BCUT2D eigenvalue weighted by Gasteiger charge is 2.49. The summed E-state index contributed by atoms with van der Waals surface area (Å²) in [6.45, 7) is 2.20. The summed E-state index contributed by atoms with van der Waals surface area (Å²) in [5, 5.41) is 1.23. The lowest BCUT2D eigenvalue weighted by Crippen LogP contribution is -2.43. The average molecular weight is 288 g/mol. The number of hydrogen-bond acceptors (Lipinski definition) is 1. The van der Waals surface area contributed by atoms with Crippen LogP contribution in [0.25, 0.3) is 22.2 Å². The molecule has 0 bridgehead atoms. The van der Waals surface area contributed by atoms with Crippen molar-refractivity contribution in [3.05, 3.63) is 54.1 Å². The minimum Gasteiger partial charge on any atom is -0.354 e. The molecule has 108 valence electrons. The molecule has 3 heterocycles. The lowest BCUT2D eigenvalue weighted by molar-refractivity contribution is -0.117. The molecule has 2 aliphatic rings. The molecule has 1 unspecified atom stereocenters. The Labute approximate surface area is 128 Å². The van der Waals surface area contributed by atoms with E-state index in [4.69, 9.17) is 0 Å². The Balaban J connectivity index is 1.97. The van der Waals surface area contributed by atoms with Gasteiger partial charge in [-0.05, 0) is 25.5 Å². The molecule has 1 atom stereocenters. The number of fused-ring (bicyclic) bond motifs is 8. The van der Waals surface area contributed by atoms with Gasteiger partial charge in [-0.2, -0.15) is 0 Å². The number of carbonyl (C=O) groups excluding carboxylic acids is 1. The summed E-state index contributed by atoms with van der Waals surface area (Å²) in [5.74, 6) is 0.228. The van der Waals surface area contributed by atoms with Crippen LogP contribution in [0.1, 0.15) is 25.3 Å². The Kier molecular flexibility index (Phi) is 2.08. The highest BCUT2D eigenvalue weighted by molar-refractivity contribution is 6.07. The molecule has 0 saturated carbocycles. The molecule has 0 radical (unpaired) electrons. The van der Waals surface area contributed by atoms with Crippen molar-refractivity contribution in [1.29, 1.82) is 0 Å². The quantitative estimate of drug-likeness (QED) is 0.661. The smallest absolute Gasteiger partial charge is 0.227 e. The number of carbonyl (C=O) groups is 1. The zero-order chi connectivity index (χ0) is 14.9. The molecule has 1 saturated heterocycles. The summed E-state index contributed by atoms with van der Waals surface area (Å²) >= 11 is 0. The molecule has 1 amide bonds. The van der Waals surface area contributed by atoms with E-state index < -0.39 is 0 Å². The van der Waals surface area contributed by atoms with Crippen LogP contribution in [0.5, 0.6) is 0 Å². The molecule has 3 nitrogen and oxygen atoms in total. The monoisotopic (exact) mass is 288 g/mol. The maximum Gasteiger partial charge on any atom is 0.227 e. The minimum absolute atomic E-state index is 0.228. The first-order valence-corrected chi connectivity index (χ1v) is 7.74. The summed E-state index contributed by atoms with van der Waals surface area (Å²) < 4.78 is 0. The van der Waals surface area contributed by atoms with E-state index in [2.05, 4.69) is 48.3 Å². The molecular weight excluding hydrogens is 272 g/mol. The molecule has 5 rings (SSSR count). The highest BCUT2D eigenvalue weighted by Crippen LogP contribution is 2.54. The predicted octanol–water partition coefficient (Wildman–Crippen LogP) is 4.19. The second-order valence-electron chi connectivity index (χ2n) is 6.44. The van der Waals surface area contributed by atoms with Crippen LogP contribution < -0.4 is 4.90 Å². The number of benzene rings is 2. The van der Waals surface area contributed by atoms with Gasteiger partial charge in [-0.15, -0.1) is 0 Å². The van der Waals surface area contributed by atoms with Gasteiger partial charge in [-0.3, -0.25) is 4.79 Å². The van der Waals surface area contributed by atoms with Gasteiger partial charge in [0.1, 0.15) is 0 Å². The molecule has 22 heavy (non-hydrogen) atoms. The SMILES string of the molecule is CC12CCC(=O)N1c1ccccc1-c1[nH]c3ccccc3c12. The lowest BCUT2D eigenvalue weighted by atomic mass is 9.81. The minimum atomic E-state index is -0.250. The zero-order valence-corrected chi connectivity index (χ0v) is 12.4. The summed E-state index contributed by atoms with van der Waals surface area (Å²) in [6.07, 6.45) is 1.48. The zero-order valence-electron chi connectivity index (χ0n) is 12.4. The molecule has 0 spiro atoms. The van der Waals surface area contributed by atoms with Crippen molar-refractivity contribution in [1.82, 2.24) is 4.98 Å². The van der Waals surface area contributed by atoms with Crippen molar-refractivity contribution in [2.75, 3.05) is 4.90 Å². The fourth-order valence-electron chi connectivity index (χ4n) is 4.27. The summed E-state index contributed by atoms with van der Waals surface area (Å²) in [6, 6.07) is 16.6. The Morgan fingerprint density at radius 1 is 1.09 bits per heavy atom. The van der Waals surface area contributed by atoms with Crippen LogP contribution in [0.2, 0.25) is 0 Å². The van der Waals surface area contributed by atoms with Crippen molar-refractivity contribution in [3.8, 4) is 11.3 Å². The second kappa shape index (κ2) is 3.80. The third-order valence-electron chi connectivity index (χ3n) is 5.23. The van der Waals surface area contributed by atoms with Gasteiger partial charge in [0.25, 0.3) is 0 Å². The van der Waals surface area contributed by atoms with Crippen LogP contribution in [0.3, 0.4) is 0 Å². The van der Waals surface area contributed by atoms with Gasteiger partial charge in [0, 0.05) is 28.5 Å². The van der Waals surface area contributed by atoms with Crippen LogP contribution in [-0.2, 0) is 10.3 Å². The van der Waals surface area contributed by atoms with E-state index in [9.17, 15) is 4.79 Å². The maximum absolute atomic E-state index is 12.6. The normalized spacial score (nSPS) is 22.6. The largest absolute Gasteiger partial charge is 0.354 e. The lowest BCUT2D eigenvalue weighted by Gasteiger charge is -2.41. The first-order valence-electron chi connectivity index (χ1n) is 7.74. The standard InChI is InChI=1S/C19H16N2O/c1-19-11-10-16(22)21(19)15-9-5-3-7-13(15)18-17(19)12-6-2-4-8-14(12)20-18/h2-9,20H,10-11H2,1H3. The fourth-order valence-corrected chi connectivity index (χ4v) is 4.27. The van der Waals surface area contributed by atoms with Crippen LogP contribution in [0, 0.1) is 0 Å². The number of H-pyrrole nitrogens is 1. The average Bonchev–Trinajstić information content (AvgIpc) is 3.07. The van der Waals surface area contributed by atoms with Crippen molar-refractivity contribution >= 4 is 22.5 Å². The molecule has 0 aliphatic carbocycles. The topological polar surface area (TPSA) is 36.1 Å². The summed E-state index contributed by atoms with van der Waals surface area (Å²) in [5.41, 5.74) is 5.50. The Morgan fingerprint density at radius 2 is 1.86 bits per heavy atom. The van der Waals surface area contributed by atoms with E-state index in [0.29, 0.717) is 6.42 Å². The molecule has 1 aromatic heterocycles. The van der Waals surface area contributed by atoms with Gasteiger partial charge in [0.2, 0.25) is 5.91 Å². The first kappa shape index (κ1) is 12.0. The van der Waals surface area contributed by atoms with Crippen LogP contribution in [0.15, 0.2) is 48.5 Å². The molecule has 3 aromatic rings.